The van der Waals surface area contributed by atoms with Crippen molar-refractivity contribution in [2.75, 3.05) is 18.9 Å². The van der Waals surface area contributed by atoms with Gasteiger partial charge >= 0.3 is 0 Å². The van der Waals surface area contributed by atoms with Crippen molar-refractivity contribution in [1.82, 2.24) is 4.90 Å². The Bertz CT molecular complexity index is 466. The molecule has 0 aliphatic heterocycles. The summed E-state index contributed by atoms with van der Waals surface area (Å²) in [5.41, 5.74) is 2.93. The smallest absolute Gasteiger partial charge is 0.254 e. The largest absolute Gasteiger partial charge is 0.385 e. The summed E-state index contributed by atoms with van der Waals surface area (Å²) >= 11 is 0. The lowest BCUT2D eigenvalue weighted by Gasteiger charge is -2.25. The number of benzene rings is 1. The SMILES string of the molecule is CCNc1ccc(C(=O)N(C)C(C)C2CC2)c(C)c1. The van der Waals surface area contributed by atoms with Crippen LogP contribution in [-0.2, 0) is 0 Å². The van der Waals surface area contributed by atoms with Crippen LogP contribution >= 0.6 is 0 Å². The molecular formula is C16H24N2O. The van der Waals surface area contributed by atoms with E-state index in [1.54, 1.807) is 0 Å². The minimum atomic E-state index is 0.139. The second-order valence-electron chi connectivity index (χ2n) is 5.55. The Morgan fingerprint density at radius 1 is 1.47 bits per heavy atom. The molecule has 1 aromatic rings. The second kappa shape index (κ2) is 5.64. The summed E-state index contributed by atoms with van der Waals surface area (Å²) in [7, 11) is 1.92. The van der Waals surface area contributed by atoms with Crippen LogP contribution in [0.4, 0.5) is 5.69 Å². The molecule has 2 rings (SSSR count). The van der Waals surface area contributed by atoms with Crippen molar-refractivity contribution in [3.05, 3.63) is 29.3 Å². The van der Waals surface area contributed by atoms with Gasteiger partial charge in [0.25, 0.3) is 5.91 Å². The summed E-state index contributed by atoms with van der Waals surface area (Å²) in [6.07, 6.45) is 2.52. The summed E-state index contributed by atoms with van der Waals surface area (Å²) in [6, 6.07) is 6.32. The number of aryl methyl sites for hydroxylation is 1. The highest BCUT2D eigenvalue weighted by atomic mass is 16.2. The lowest BCUT2D eigenvalue weighted by molar-refractivity contribution is 0.0726. The van der Waals surface area contributed by atoms with E-state index in [9.17, 15) is 4.79 Å². The van der Waals surface area contributed by atoms with Gasteiger partial charge in [-0.25, -0.2) is 0 Å². The van der Waals surface area contributed by atoms with Gasteiger partial charge in [-0.2, -0.15) is 0 Å². The molecular weight excluding hydrogens is 236 g/mol. The first kappa shape index (κ1) is 13.9. The number of anilines is 1. The predicted molar refractivity (Wildman–Crippen MR) is 79.6 cm³/mol. The van der Waals surface area contributed by atoms with Gasteiger partial charge < -0.3 is 10.2 Å². The average molecular weight is 260 g/mol. The van der Waals surface area contributed by atoms with Crippen LogP contribution in [0.1, 0.15) is 42.6 Å². The highest BCUT2D eigenvalue weighted by molar-refractivity contribution is 5.96. The molecule has 0 aromatic heterocycles. The molecule has 1 unspecified atom stereocenters. The van der Waals surface area contributed by atoms with E-state index in [1.807, 2.05) is 37.1 Å². The number of carbonyl (C=O) groups is 1. The van der Waals surface area contributed by atoms with Crippen molar-refractivity contribution in [3.63, 3.8) is 0 Å². The van der Waals surface area contributed by atoms with Crippen LogP contribution in [-0.4, -0.2) is 30.4 Å². The summed E-state index contributed by atoms with van der Waals surface area (Å²) in [5, 5.41) is 3.27. The van der Waals surface area contributed by atoms with E-state index in [4.69, 9.17) is 0 Å². The first-order valence-corrected chi connectivity index (χ1v) is 7.16. The van der Waals surface area contributed by atoms with E-state index in [0.717, 1.165) is 23.4 Å². The normalized spacial score (nSPS) is 16.0. The molecule has 0 saturated heterocycles. The van der Waals surface area contributed by atoms with Gasteiger partial charge in [0, 0.05) is 30.9 Å². The summed E-state index contributed by atoms with van der Waals surface area (Å²) < 4.78 is 0. The predicted octanol–water partition coefficient (Wildman–Crippen LogP) is 3.30. The van der Waals surface area contributed by atoms with Crippen molar-refractivity contribution in [2.24, 2.45) is 5.92 Å². The van der Waals surface area contributed by atoms with Gasteiger partial charge in [0.05, 0.1) is 0 Å². The highest BCUT2D eigenvalue weighted by Crippen LogP contribution is 2.35. The lowest BCUT2D eigenvalue weighted by Crippen LogP contribution is -2.36. The van der Waals surface area contributed by atoms with Crippen molar-refractivity contribution >= 4 is 11.6 Å². The number of nitrogens with one attached hydrogen (secondary N) is 1. The molecule has 1 fully saturated rings. The van der Waals surface area contributed by atoms with Crippen molar-refractivity contribution in [1.29, 1.82) is 0 Å². The molecule has 1 saturated carbocycles. The minimum Gasteiger partial charge on any atom is -0.385 e. The maximum Gasteiger partial charge on any atom is 0.254 e. The number of carbonyl (C=O) groups excluding carboxylic acids is 1. The number of amides is 1. The summed E-state index contributed by atoms with van der Waals surface area (Å²) in [6.45, 7) is 7.12. The van der Waals surface area contributed by atoms with Crippen LogP contribution in [0.15, 0.2) is 18.2 Å². The van der Waals surface area contributed by atoms with Gasteiger partial charge in [-0.1, -0.05) is 0 Å². The molecule has 0 heterocycles. The molecule has 1 aliphatic carbocycles. The number of nitrogens with zero attached hydrogens (tertiary/aromatic N) is 1. The molecule has 1 atom stereocenters. The van der Waals surface area contributed by atoms with Crippen molar-refractivity contribution in [2.45, 2.75) is 39.7 Å². The third-order valence-electron chi connectivity index (χ3n) is 4.07. The zero-order valence-corrected chi connectivity index (χ0v) is 12.4. The molecule has 3 nitrogen and oxygen atoms in total. The van der Waals surface area contributed by atoms with Crippen molar-refractivity contribution in [3.8, 4) is 0 Å². The fraction of sp³-hybridized carbons (Fsp3) is 0.562. The van der Waals surface area contributed by atoms with Gasteiger partial charge in [0.1, 0.15) is 0 Å². The van der Waals surface area contributed by atoms with Crippen LogP contribution < -0.4 is 5.32 Å². The number of hydrogen-bond acceptors (Lipinski definition) is 2. The van der Waals surface area contributed by atoms with Crippen LogP contribution in [0.25, 0.3) is 0 Å². The Hall–Kier alpha value is -1.51. The van der Waals surface area contributed by atoms with Crippen molar-refractivity contribution < 1.29 is 4.79 Å². The maximum atomic E-state index is 12.5. The third-order valence-corrected chi connectivity index (χ3v) is 4.07. The van der Waals surface area contributed by atoms with Gasteiger partial charge in [-0.3, -0.25) is 4.79 Å². The molecule has 1 N–H and O–H groups in total. The fourth-order valence-corrected chi connectivity index (χ4v) is 2.49. The monoisotopic (exact) mass is 260 g/mol. The Morgan fingerprint density at radius 2 is 2.16 bits per heavy atom. The molecule has 19 heavy (non-hydrogen) atoms. The first-order chi connectivity index (χ1) is 9.04. The molecule has 3 heteroatoms. The minimum absolute atomic E-state index is 0.139. The zero-order chi connectivity index (χ0) is 14.0. The Kier molecular flexibility index (Phi) is 4.13. The molecule has 0 radical (unpaired) electrons. The Morgan fingerprint density at radius 3 is 2.68 bits per heavy atom. The first-order valence-electron chi connectivity index (χ1n) is 7.16. The zero-order valence-electron chi connectivity index (χ0n) is 12.4. The van der Waals surface area contributed by atoms with E-state index in [1.165, 1.54) is 12.8 Å². The Balaban J connectivity index is 2.13. The average Bonchev–Trinajstić information content (AvgIpc) is 3.21. The Labute approximate surface area is 116 Å². The topological polar surface area (TPSA) is 32.3 Å². The van der Waals surface area contributed by atoms with E-state index < -0.39 is 0 Å². The van der Waals surface area contributed by atoms with Crippen LogP contribution in [0, 0.1) is 12.8 Å². The van der Waals surface area contributed by atoms with E-state index in [-0.39, 0.29) is 5.91 Å². The maximum absolute atomic E-state index is 12.5. The van der Waals surface area contributed by atoms with Gasteiger partial charge in [0.15, 0.2) is 0 Å². The van der Waals surface area contributed by atoms with Gasteiger partial charge in [-0.05, 0) is 63.3 Å². The van der Waals surface area contributed by atoms with Crippen LogP contribution in [0.5, 0.6) is 0 Å². The second-order valence-corrected chi connectivity index (χ2v) is 5.55. The summed E-state index contributed by atoms with van der Waals surface area (Å²) in [5.74, 6) is 0.843. The van der Waals surface area contributed by atoms with Gasteiger partial charge in [-0.15, -0.1) is 0 Å². The van der Waals surface area contributed by atoms with Gasteiger partial charge in [0.2, 0.25) is 0 Å². The fourth-order valence-electron chi connectivity index (χ4n) is 2.49. The molecule has 1 amide bonds. The standard InChI is InChI=1S/C16H24N2O/c1-5-17-14-8-9-15(11(2)10-14)16(19)18(4)12(3)13-6-7-13/h8-10,12-13,17H,5-7H2,1-4H3. The quantitative estimate of drug-likeness (QED) is 0.881. The number of hydrogen-bond donors (Lipinski definition) is 1. The van der Waals surface area contributed by atoms with E-state index in [2.05, 4.69) is 19.2 Å². The molecule has 0 bridgehead atoms. The van der Waals surface area contributed by atoms with Crippen LogP contribution in [0.2, 0.25) is 0 Å². The molecule has 104 valence electrons. The summed E-state index contributed by atoms with van der Waals surface area (Å²) in [4.78, 5) is 14.4. The lowest BCUT2D eigenvalue weighted by atomic mass is 10.1. The van der Waals surface area contributed by atoms with E-state index in [0.29, 0.717) is 12.0 Å². The van der Waals surface area contributed by atoms with Crippen LogP contribution in [0.3, 0.4) is 0 Å². The third kappa shape index (κ3) is 3.09. The highest BCUT2D eigenvalue weighted by Gasteiger charge is 2.32. The molecule has 1 aromatic carbocycles. The van der Waals surface area contributed by atoms with E-state index >= 15 is 0 Å². The molecule has 0 spiro atoms. The molecule has 1 aliphatic rings. The number of rotatable bonds is 5.